The lowest BCUT2D eigenvalue weighted by molar-refractivity contribution is -0.133. The average Bonchev–Trinajstić information content (AvgIpc) is 2.38. The summed E-state index contributed by atoms with van der Waals surface area (Å²) in [5.41, 5.74) is -0.870. The van der Waals surface area contributed by atoms with Crippen molar-refractivity contribution in [2.24, 2.45) is 0 Å². The number of anilines is 1. The molecule has 0 radical (unpaired) electrons. The van der Waals surface area contributed by atoms with Crippen molar-refractivity contribution < 1.29 is 14.6 Å². The summed E-state index contributed by atoms with van der Waals surface area (Å²) in [7, 11) is 0. The molecule has 0 saturated heterocycles. The van der Waals surface area contributed by atoms with E-state index in [9.17, 15) is 9.90 Å². The van der Waals surface area contributed by atoms with Crippen molar-refractivity contribution in [1.82, 2.24) is 10.3 Å². The standard InChI is InChI=1S/C13H18ClN3O3/c1-2-20-10-5-13(19,6-10)8-16-12(18)17-11-4-3-9(14)7-15-11/h3-4,7,10,19H,2,5-6,8H2,1H3,(H2,15,16,17,18). The zero-order chi connectivity index (χ0) is 14.6. The number of rotatable bonds is 5. The Morgan fingerprint density at radius 3 is 2.95 bits per heavy atom. The summed E-state index contributed by atoms with van der Waals surface area (Å²) in [5, 5.41) is 15.8. The van der Waals surface area contributed by atoms with Crippen molar-refractivity contribution in [2.45, 2.75) is 31.5 Å². The minimum absolute atomic E-state index is 0.0905. The highest BCUT2D eigenvalue weighted by Gasteiger charge is 2.43. The van der Waals surface area contributed by atoms with Gasteiger partial charge in [-0.3, -0.25) is 5.32 Å². The molecule has 0 aliphatic heterocycles. The maximum absolute atomic E-state index is 11.7. The molecular formula is C13H18ClN3O3. The molecule has 3 N–H and O–H groups in total. The van der Waals surface area contributed by atoms with E-state index in [1.807, 2.05) is 6.92 Å². The van der Waals surface area contributed by atoms with Crippen LogP contribution in [0.3, 0.4) is 0 Å². The Hall–Kier alpha value is -1.37. The van der Waals surface area contributed by atoms with Gasteiger partial charge in [-0.05, 0) is 19.1 Å². The lowest BCUT2D eigenvalue weighted by atomic mass is 9.77. The van der Waals surface area contributed by atoms with E-state index in [0.717, 1.165) is 0 Å². The maximum Gasteiger partial charge on any atom is 0.320 e. The number of aromatic nitrogens is 1. The molecule has 0 bridgehead atoms. The maximum atomic E-state index is 11.7. The van der Waals surface area contributed by atoms with E-state index in [1.165, 1.54) is 6.20 Å². The quantitative estimate of drug-likeness (QED) is 0.774. The lowest BCUT2D eigenvalue weighted by Crippen LogP contribution is -2.55. The average molecular weight is 300 g/mol. The van der Waals surface area contributed by atoms with Crippen LogP contribution < -0.4 is 10.6 Å². The van der Waals surface area contributed by atoms with Crippen molar-refractivity contribution in [2.75, 3.05) is 18.5 Å². The molecule has 20 heavy (non-hydrogen) atoms. The third-order valence-electron chi connectivity index (χ3n) is 3.16. The third kappa shape index (κ3) is 4.06. The van der Waals surface area contributed by atoms with Crippen LogP contribution in [0.4, 0.5) is 10.6 Å². The van der Waals surface area contributed by atoms with Crippen LogP contribution in [0, 0.1) is 0 Å². The van der Waals surface area contributed by atoms with E-state index in [-0.39, 0.29) is 12.6 Å². The molecule has 110 valence electrons. The Morgan fingerprint density at radius 1 is 1.60 bits per heavy atom. The van der Waals surface area contributed by atoms with Gasteiger partial charge in [0.1, 0.15) is 5.82 Å². The molecule has 1 fully saturated rings. The number of nitrogens with one attached hydrogen (secondary N) is 2. The second-order valence-electron chi connectivity index (χ2n) is 4.88. The summed E-state index contributed by atoms with van der Waals surface area (Å²) in [4.78, 5) is 15.6. The first-order chi connectivity index (χ1) is 9.50. The highest BCUT2D eigenvalue weighted by Crippen LogP contribution is 2.33. The zero-order valence-electron chi connectivity index (χ0n) is 11.2. The van der Waals surface area contributed by atoms with Gasteiger partial charge in [-0.25, -0.2) is 9.78 Å². The SMILES string of the molecule is CCOC1CC(O)(CNC(=O)Nc2ccc(Cl)cn2)C1. The van der Waals surface area contributed by atoms with E-state index in [1.54, 1.807) is 12.1 Å². The van der Waals surface area contributed by atoms with Gasteiger partial charge in [0.25, 0.3) is 0 Å². The first-order valence-electron chi connectivity index (χ1n) is 6.51. The molecule has 0 aromatic carbocycles. The van der Waals surface area contributed by atoms with E-state index in [0.29, 0.717) is 30.3 Å². The number of halogens is 1. The molecule has 1 aromatic rings. The van der Waals surface area contributed by atoms with Crippen molar-refractivity contribution >= 4 is 23.4 Å². The monoisotopic (exact) mass is 299 g/mol. The molecule has 1 saturated carbocycles. The van der Waals surface area contributed by atoms with Crippen LogP contribution in [-0.4, -0.2) is 41.0 Å². The number of urea groups is 1. The number of amides is 2. The fourth-order valence-electron chi connectivity index (χ4n) is 2.14. The van der Waals surface area contributed by atoms with E-state index < -0.39 is 11.6 Å². The molecule has 7 heteroatoms. The molecule has 0 spiro atoms. The van der Waals surface area contributed by atoms with E-state index in [2.05, 4.69) is 15.6 Å². The first kappa shape index (κ1) is 15.0. The number of nitrogens with zero attached hydrogens (tertiary/aromatic N) is 1. The van der Waals surface area contributed by atoms with Crippen LogP contribution in [0.1, 0.15) is 19.8 Å². The van der Waals surface area contributed by atoms with Crippen molar-refractivity contribution in [3.05, 3.63) is 23.4 Å². The van der Waals surface area contributed by atoms with Gasteiger partial charge in [-0.2, -0.15) is 0 Å². The van der Waals surface area contributed by atoms with Gasteiger partial charge < -0.3 is 15.2 Å². The fraction of sp³-hybridized carbons (Fsp3) is 0.538. The van der Waals surface area contributed by atoms with Gasteiger partial charge in [0.15, 0.2) is 0 Å². The van der Waals surface area contributed by atoms with Crippen LogP contribution in [0.15, 0.2) is 18.3 Å². The minimum Gasteiger partial charge on any atom is -0.388 e. The summed E-state index contributed by atoms with van der Waals surface area (Å²) < 4.78 is 5.38. The molecule has 2 amide bonds. The molecule has 2 rings (SSSR count). The lowest BCUT2D eigenvalue weighted by Gasteiger charge is -2.43. The number of pyridine rings is 1. The van der Waals surface area contributed by atoms with Crippen LogP contribution in [0.25, 0.3) is 0 Å². The number of ether oxygens (including phenoxy) is 1. The smallest absolute Gasteiger partial charge is 0.320 e. The number of carbonyl (C=O) groups excluding carboxylic acids is 1. The van der Waals surface area contributed by atoms with Gasteiger partial charge >= 0.3 is 6.03 Å². The number of hydrogen-bond donors (Lipinski definition) is 3. The highest BCUT2D eigenvalue weighted by atomic mass is 35.5. The molecule has 1 aromatic heterocycles. The Labute approximate surface area is 122 Å². The Morgan fingerprint density at radius 2 is 2.35 bits per heavy atom. The Balaban J connectivity index is 1.72. The Kier molecular flexibility index (Phi) is 4.80. The second-order valence-corrected chi connectivity index (χ2v) is 5.32. The predicted octanol–water partition coefficient (Wildman–Crippen LogP) is 1.79. The van der Waals surface area contributed by atoms with E-state index >= 15 is 0 Å². The topological polar surface area (TPSA) is 83.5 Å². The second kappa shape index (κ2) is 6.39. The molecular weight excluding hydrogens is 282 g/mol. The molecule has 0 atom stereocenters. The van der Waals surface area contributed by atoms with Crippen molar-refractivity contribution in [1.29, 1.82) is 0 Å². The summed E-state index contributed by atoms with van der Waals surface area (Å²) in [5.74, 6) is 0.402. The zero-order valence-corrected chi connectivity index (χ0v) is 12.0. The summed E-state index contributed by atoms with van der Waals surface area (Å²) in [6.07, 6.45) is 2.62. The normalized spacial score (nSPS) is 24.9. The highest BCUT2D eigenvalue weighted by molar-refractivity contribution is 6.30. The molecule has 0 unspecified atom stereocenters. The number of aliphatic hydroxyl groups is 1. The summed E-state index contributed by atoms with van der Waals surface area (Å²) in [6, 6.07) is 2.83. The van der Waals surface area contributed by atoms with Gasteiger partial charge in [0.2, 0.25) is 0 Å². The van der Waals surface area contributed by atoms with Gasteiger partial charge in [-0.1, -0.05) is 11.6 Å². The van der Waals surface area contributed by atoms with Crippen LogP contribution in [-0.2, 0) is 4.74 Å². The molecule has 1 heterocycles. The molecule has 6 nitrogen and oxygen atoms in total. The van der Waals surface area contributed by atoms with Gasteiger partial charge in [0, 0.05) is 32.2 Å². The van der Waals surface area contributed by atoms with Crippen LogP contribution >= 0.6 is 11.6 Å². The fourth-order valence-corrected chi connectivity index (χ4v) is 2.25. The van der Waals surface area contributed by atoms with Crippen LogP contribution in [0.5, 0.6) is 0 Å². The molecule has 1 aliphatic rings. The number of hydrogen-bond acceptors (Lipinski definition) is 4. The van der Waals surface area contributed by atoms with Crippen molar-refractivity contribution in [3.8, 4) is 0 Å². The number of carbonyl (C=O) groups is 1. The third-order valence-corrected chi connectivity index (χ3v) is 3.39. The van der Waals surface area contributed by atoms with Gasteiger partial charge in [0.05, 0.1) is 16.7 Å². The largest absolute Gasteiger partial charge is 0.388 e. The van der Waals surface area contributed by atoms with Crippen molar-refractivity contribution in [3.63, 3.8) is 0 Å². The van der Waals surface area contributed by atoms with E-state index in [4.69, 9.17) is 16.3 Å². The molecule has 1 aliphatic carbocycles. The van der Waals surface area contributed by atoms with Crippen LogP contribution in [0.2, 0.25) is 5.02 Å². The Bertz CT molecular complexity index is 460. The summed E-state index contributed by atoms with van der Waals surface area (Å²) >= 11 is 5.70. The first-order valence-corrected chi connectivity index (χ1v) is 6.89. The summed E-state index contributed by atoms with van der Waals surface area (Å²) in [6.45, 7) is 2.75. The minimum atomic E-state index is -0.870. The van der Waals surface area contributed by atoms with Gasteiger partial charge in [-0.15, -0.1) is 0 Å². The predicted molar refractivity (Wildman–Crippen MR) is 75.9 cm³/mol.